The Morgan fingerprint density at radius 3 is 2.86 bits per heavy atom. The highest BCUT2D eigenvalue weighted by atomic mass is 127. The minimum Gasteiger partial charge on any atom is -0.481 e. The molecule has 2 heterocycles. The van der Waals surface area contributed by atoms with Gasteiger partial charge in [0.2, 0.25) is 5.91 Å². The molecule has 1 saturated heterocycles. The number of carboxylic acids is 1. The third kappa shape index (κ3) is 2.46. The van der Waals surface area contributed by atoms with Gasteiger partial charge >= 0.3 is 5.97 Å². The van der Waals surface area contributed by atoms with Gasteiger partial charge in [-0.3, -0.25) is 9.59 Å². The topological polar surface area (TPSA) is 75.6 Å². The maximum absolute atomic E-state index is 12.5. The lowest BCUT2D eigenvalue weighted by Gasteiger charge is -2.27. The first-order chi connectivity index (χ1) is 9.90. The minimum atomic E-state index is -1.00. The number of carboxylic acid groups (broad SMARTS) is 1. The summed E-state index contributed by atoms with van der Waals surface area (Å²) in [5.41, 5.74) is -0.189. The van der Waals surface area contributed by atoms with Crippen LogP contribution in [-0.4, -0.2) is 28.7 Å². The molecule has 1 aromatic carbocycles. The molecule has 0 aromatic heterocycles. The summed E-state index contributed by atoms with van der Waals surface area (Å²) in [6, 6.07) is 7.37. The Balaban J connectivity index is 1.86. The molecule has 0 unspecified atom stereocenters. The molecule has 1 aromatic rings. The summed E-state index contributed by atoms with van der Waals surface area (Å²) in [5.74, 6) is -2.90. The van der Waals surface area contributed by atoms with E-state index in [1.54, 1.807) is 25.1 Å². The third-order valence-corrected chi connectivity index (χ3v) is 4.67. The molecule has 110 valence electrons. The number of carbonyl (C=O) groups excluding carboxylic acids is 1. The Hall–Kier alpha value is -1.41. The zero-order valence-electron chi connectivity index (χ0n) is 11.2. The molecule has 2 aliphatic heterocycles. The van der Waals surface area contributed by atoms with Crippen LogP contribution < -0.4 is 5.32 Å². The summed E-state index contributed by atoms with van der Waals surface area (Å²) in [6.07, 6.45) is 2.99. The summed E-state index contributed by atoms with van der Waals surface area (Å²) < 4.78 is 6.67. The van der Waals surface area contributed by atoms with Gasteiger partial charge in [0.15, 0.2) is 0 Å². The second-order valence-corrected chi connectivity index (χ2v) is 6.71. The fourth-order valence-corrected chi connectivity index (χ4v) is 3.61. The molecular formula is C15H14INO4. The van der Waals surface area contributed by atoms with Crippen molar-refractivity contribution < 1.29 is 19.4 Å². The molecule has 2 N–H and O–H groups in total. The maximum Gasteiger partial charge on any atom is 0.310 e. The van der Waals surface area contributed by atoms with Gasteiger partial charge in [0, 0.05) is 9.26 Å². The number of fused-ring (bicyclic) bond motifs is 2. The first kappa shape index (κ1) is 14.5. The summed E-state index contributed by atoms with van der Waals surface area (Å²) in [6.45, 7) is 1.76. The van der Waals surface area contributed by atoms with Crippen molar-refractivity contribution in [1.29, 1.82) is 0 Å². The molecule has 1 amide bonds. The average Bonchev–Trinajstić information content (AvgIpc) is 2.91. The van der Waals surface area contributed by atoms with Gasteiger partial charge in [0.1, 0.15) is 5.92 Å². The van der Waals surface area contributed by atoms with Crippen molar-refractivity contribution in [2.75, 3.05) is 5.32 Å². The van der Waals surface area contributed by atoms with E-state index in [1.165, 1.54) is 0 Å². The Labute approximate surface area is 135 Å². The molecule has 1 fully saturated rings. The molecule has 0 spiro atoms. The Morgan fingerprint density at radius 2 is 2.19 bits per heavy atom. The third-order valence-electron chi connectivity index (χ3n) is 4.00. The van der Waals surface area contributed by atoms with Crippen LogP contribution in [0.2, 0.25) is 0 Å². The highest BCUT2D eigenvalue weighted by Crippen LogP contribution is 2.47. The number of nitrogens with one attached hydrogen (secondary N) is 1. The van der Waals surface area contributed by atoms with Crippen molar-refractivity contribution in [2.45, 2.75) is 18.6 Å². The van der Waals surface area contributed by atoms with Crippen molar-refractivity contribution in [2.24, 2.45) is 11.8 Å². The molecule has 2 bridgehead atoms. The van der Waals surface area contributed by atoms with Crippen LogP contribution in [0.5, 0.6) is 0 Å². The predicted molar refractivity (Wildman–Crippen MR) is 84.8 cm³/mol. The second-order valence-electron chi connectivity index (χ2n) is 5.47. The monoisotopic (exact) mass is 399 g/mol. The van der Waals surface area contributed by atoms with Crippen LogP contribution in [0.25, 0.3) is 0 Å². The molecule has 0 radical (unpaired) electrons. The molecular weight excluding hydrogens is 385 g/mol. The summed E-state index contributed by atoms with van der Waals surface area (Å²) >= 11 is 2.16. The van der Waals surface area contributed by atoms with E-state index in [4.69, 9.17) is 4.74 Å². The number of ether oxygens (including phenoxy) is 1. The molecule has 21 heavy (non-hydrogen) atoms. The number of rotatable bonds is 3. The van der Waals surface area contributed by atoms with Crippen LogP contribution in [0.3, 0.4) is 0 Å². The number of amides is 1. The first-order valence-corrected chi connectivity index (χ1v) is 7.65. The van der Waals surface area contributed by atoms with E-state index in [0.29, 0.717) is 5.69 Å². The smallest absolute Gasteiger partial charge is 0.310 e. The Kier molecular flexibility index (Phi) is 3.53. The Bertz CT molecular complexity index is 644. The van der Waals surface area contributed by atoms with Crippen molar-refractivity contribution in [3.8, 4) is 0 Å². The Morgan fingerprint density at radius 1 is 1.43 bits per heavy atom. The highest BCUT2D eigenvalue weighted by Gasteiger charge is 2.59. The van der Waals surface area contributed by atoms with Crippen molar-refractivity contribution in [3.63, 3.8) is 0 Å². The van der Waals surface area contributed by atoms with Crippen LogP contribution in [-0.2, 0) is 14.3 Å². The van der Waals surface area contributed by atoms with Gasteiger partial charge in [0.25, 0.3) is 0 Å². The number of benzene rings is 1. The number of hydrogen-bond acceptors (Lipinski definition) is 3. The molecule has 0 aliphatic carbocycles. The molecule has 5 nitrogen and oxygen atoms in total. The van der Waals surface area contributed by atoms with E-state index in [0.717, 1.165) is 3.57 Å². The molecule has 3 rings (SSSR count). The number of aliphatic carboxylic acids is 1. The lowest BCUT2D eigenvalue weighted by atomic mass is 9.75. The standard InChI is InChI=1S/C15H14INO4/c1-15-6-5-10(21-15)11(14(19)20)12(15)13(18)17-9-4-2-3-8(16)7-9/h2-7,10-12H,1H3,(H,17,18)(H,19,20)/t10-,11-,12-,15+/m1/s1. The van der Waals surface area contributed by atoms with Crippen molar-refractivity contribution >= 4 is 40.2 Å². The summed E-state index contributed by atoms with van der Waals surface area (Å²) in [4.78, 5) is 24.0. The molecule has 0 saturated carbocycles. The van der Waals surface area contributed by atoms with Gasteiger partial charge in [0.05, 0.1) is 17.6 Å². The highest BCUT2D eigenvalue weighted by molar-refractivity contribution is 14.1. The SMILES string of the molecule is C[C@@]12C=C[C@@H](O1)[C@@H](C(=O)O)[C@@H]2C(=O)Nc1cccc(I)c1. The zero-order chi connectivity index (χ0) is 15.2. The molecule has 4 atom stereocenters. The van der Waals surface area contributed by atoms with E-state index < -0.39 is 29.5 Å². The number of hydrogen-bond donors (Lipinski definition) is 2. The largest absolute Gasteiger partial charge is 0.481 e. The van der Waals surface area contributed by atoms with Gasteiger partial charge in [-0.05, 0) is 47.7 Å². The van der Waals surface area contributed by atoms with E-state index >= 15 is 0 Å². The zero-order valence-corrected chi connectivity index (χ0v) is 13.4. The summed E-state index contributed by atoms with van der Waals surface area (Å²) in [7, 11) is 0. The average molecular weight is 399 g/mol. The van der Waals surface area contributed by atoms with Crippen LogP contribution in [0.1, 0.15) is 6.92 Å². The fourth-order valence-electron chi connectivity index (χ4n) is 3.07. The maximum atomic E-state index is 12.5. The first-order valence-electron chi connectivity index (χ1n) is 6.57. The minimum absolute atomic E-state index is 0.321. The van der Waals surface area contributed by atoms with E-state index in [1.807, 2.05) is 18.2 Å². The van der Waals surface area contributed by atoms with Crippen LogP contribution >= 0.6 is 22.6 Å². The number of halogens is 1. The van der Waals surface area contributed by atoms with E-state index in [9.17, 15) is 14.7 Å². The van der Waals surface area contributed by atoms with Crippen LogP contribution in [0.4, 0.5) is 5.69 Å². The van der Waals surface area contributed by atoms with Gasteiger partial charge < -0.3 is 15.2 Å². The second kappa shape index (κ2) is 5.10. The number of anilines is 1. The quantitative estimate of drug-likeness (QED) is 0.604. The molecule has 6 heteroatoms. The van der Waals surface area contributed by atoms with Crippen LogP contribution in [0, 0.1) is 15.4 Å². The van der Waals surface area contributed by atoms with E-state index in [2.05, 4.69) is 27.9 Å². The molecule has 2 aliphatic rings. The number of carbonyl (C=O) groups is 2. The fraction of sp³-hybridized carbons (Fsp3) is 0.333. The normalized spacial score (nSPS) is 33.1. The summed E-state index contributed by atoms with van der Waals surface area (Å²) in [5, 5.41) is 12.2. The van der Waals surface area contributed by atoms with Gasteiger partial charge in [-0.1, -0.05) is 18.2 Å². The predicted octanol–water partition coefficient (Wildman–Crippen LogP) is 2.27. The lowest BCUT2D eigenvalue weighted by Crippen LogP contribution is -2.44. The van der Waals surface area contributed by atoms with Gasteiger partial charge in [-0.2, -0.15) is 0 Å². The van der Waals surface area contributed by atoms with E-state index in [-0.39, 0.29) is 5.91 Å². The van der Waals surface area contributed by atoms with Gasteiger partial charge in [-0.25, -0.2) is 0 Å². The van der Waals surface area contributed by atoms with Crippen molar-refractivity contribution in [1.82, 2.24) is 0 Å². The van der Waals surface area contributed by atoms with Crippen molar-refractivity contribution in [3.05, 3.63) is 40.0 Å². The van der Waals surface area contributed by atoms with Crippen LogP contribution in [0.15, 0.2) is 36.4 Å². The van der Waals surface area contributed by atoms with Gasteiger partial charge in [-0.15, -0.1) is 0 Å². The lowest BCUT2D eigenvalue weighted by molar-refractivity contribution is -0.146.